The minimum Gasteiger partial charge on any atom is -0.314 e. The van der Waals surface area contributed by atoms with Crippen molar-refractivity contribution in [2.75, 3.05) is 26.2 Å². The first-order valence-electron chi connectivity index (χ1n) is 7.90. The van der Waals surface area contributed by atoms with Gasteiger partial charge in [0.15, 0.2) is 0 Å². The molecule has 1 unspecified atom stereocenters. The van der Waals surface area contributed by atoms with Crippen molar-refractivity contribution in [3.05, 3.63) is 35.6 Å². The predicted molar refractivity (Wildman–Crippen MR) is 82.4 cm³/mol. The summed E-state index contributed by atoms with van der Waals surface area (Å²) >= 11 is 0. The standard InChI is InChI=1S/C17H27FN2/c1-3-20-12-9-15(10-13-20)14(2)19-11-8-16-6-4-5-7-17(16)18/h4-7,14-15,19H,3,8-13H2,1-2H3. The van der Waals surface area contributed by atoms with E-state index in [4.69, 9.17) is 0 Å². The molecule has 2 nitrogen and oxygen atoms in total. The van der Waals surface area contributed by atoms with Crippen molar-refractivity contribution in [2.45, 2.75) is 39.2 Å². The number of piperidine rings is 1. The van der Waals surface area contributed by atoms with E-state index in [0.717, 1.165) is 24.4 Å². The van der Waals surface area contributed by atoms with Crippen LogP contribution < -0.4 is 5.32 Å². The van der Waals surface area contributed by atoms with E-state index < -0.39 is 0 Å². The molecule has 1 aromatic carbocycles. The maximum atomic E-state index is 13.5. The minimum absolute atomic E-state index is 0.0850. The fraction of sp³-hybridized carbons (Fsp3) is 0.647. The second kappa shape index (κ2) is 7.75. The van der Waals surface area contributed by atoms with Crippen LogP contribution in [-0.4, -0.2) is 37.1 Å². The normalized spacial score (nSPS) is 19.1. The zero-order chi connectivity index (χ0) is 14.4. The molecule has 1 atom stereocenters. The van der Waals surface area contributed by atoms with Gasteiger partial charge in [0.25, 0.3) is 0 Å². The van der Waals surface area contributed by atoms with Gasteiger partial charge in [0.1, 0.15) is 5.82 Å². The molecule has 0 radical (unpaired) electrons. The van der Waals surface area contributed by atoms with E-state index >= 15 is 0 Å². The summed E-state index contributed by atoms with van der Waals surface area (Å²) < 4.78 is 13.5. The number of hydrogen-bond acceptors (Lipinski definition) is 2. The molecule has 1 aliphatic rings. The molecule has 0 amide bonds. The number of benzene rings is 1. The molecule has 1 heterocycles. The van der Waals surface area contributed by atoms with E-state index in [1.165, 1.54) is 32.5 Å². The van der Waals surface area contributed by atoms with Crippen molar-refractivity contribution in [3.8, 4) is 0 Å². The fourth-order valence-corrected chi connectivity index (χ4v) is 3.07. The summed E-state index contributed by atoms with van der Waals surface area (Å²) in [5.74, 6) is 0.677. The molecule has 1 fully saturated rings. The zero-order valence-corrected chi connectivity index (χ0v) is 12.7. The number of nitrogens with zero attached hydrogens (tertiary/aromatic N) is 1. The summed E-state index contributed by atoms with van der Waals surface area (Å²) in [7, 11) is 0. The van der Waals surface area contributed by atoms with Crippen LogP contribution in [0.3, 0.4) is 0 Å². The molecule has 0 aliphatic carbocycles. The third-order valence-electron chi connectivity index (χ3n) is 4.61. The Hall–Kier alpha value is -0.930. The topological polar surface area (TPSA) is 15.3 Å². The van der Waals surface area contributed by atoms with Gasteiger partial charge in [-0.05, 0) is 69.9 Å². The van der Waals surface area contributed by atoms with E-state index in [-0.39, 0.29) is 5.82 Å². The first-order valence-corrected chi connectivity index (χ1v) is 7.90. The number of nitrogens with one attached hydrogen (secondary N) is 1. The monoisotopic (exact) mass is 278 g/mol. The summed E-state index contributed by atoms with van der Waals surface area (Å²) in [6, 6.07) is 7.60. The van der Waals surface area contributed by atoms with Gasteiger partial charge in [0.05, 0.1) is 0 Å². The Bertz CT molecular complexity index is 400. The maximum Gasteiger partial charge on any atom is 0.126 e. The number of hydrogen-bond donors (Lipinski definition) is 1. The van der Waals surface area contributed by atoms with Crippen LogP contribution >= 0.6 is 0 Å². The van der Waals surface area contributed by atoms with Crippen molar-refractivity contribution >= 4 is 0 Å². The average molecular weight is 278 g/mol. The van der Waals surface area contributed by atoms with Gasteiger partial charge < -0.3 is 10.2 Å². The van der Waals surface area contributed by atoms with Crippen LogP contribution in [0.25, 0.3) is 0 Å². The van der Waals surface area contributed by atoms with E-state index in [1.54, 1.807) is 12.1 Å². The van der Waals surface area contributed by atoms with Gasteiger partial charge in [-0.2, -0.15) is 0 Å². The Morgan fingerprint density at radius 3 is 2.65 bits per heavy atom. The Morgan fingerprint density at radius 2 is 2.00 bits per heavy atom. The zero-order valence-electron chi connectivity index (χ0n) is 12.7. The number of rotatable bonds is 6. The van der Waals surface area contributed by atoms with Crippen molar-refractivity contribution in [3.63, 3.8) is 0 Å². The van der Waals surface area contributed by atoms with Crippen LogP contribution in [0.2, 0.25) is 0 Å². The fourth-order valence-electron chi connectivity index (χ4n) is 3.07. The summed E-state index contributed by atoms with van der Waals surface area (Å²) in [5, 5.41) is 3.58. The summed E-state index contributed by atoms with van der Waals surface area (Å²) in [5.41, 5.74) is 0.813. The third kappa shape index (κ3) is 4.29. The highest BCUT2D eigenvalue weighted by Crippen LogP contribution is 2.20. The van der Waals surface area contributed by atoms with Gasteiger partial charge in [0.2, 0.25) is 0 Å². The molecule has 1 N–H and O–H groups in total. The van der Waals surface area contributed by atoms with Crippen molar-refractivity contribution in [1.29, 1.82) is 0 Å². The lowest BCUT2D eigenvalue weighted by atomic mass is 9.90. The van der Waals surface area contributed by atoms with Crippen LogP contribution in [-0.2, 0) is 6.42 Å². The molecule has 0 spiro atoms. The van der Waals surface area contributed by atoms with Crippen molar-refractivity contribution in [1.82, 2.24) is 10.2 Å². The lowest BCUT2D eigenvalue weighted by molar-refractivity contribution is 0.169. The summed E-state index contributed by atoms with van der Waals surface area (Å²) in [4.78, 5) is 2.52. The first-order chi connectivity index (χ1) is 9.70. The Kier molecular flexibility index (Phi) is 5.99. The highest BCUT2D eigenvalue weighted by atomic mass is 19.1. The van der Waals surface area contributed by atoms with E-state index in [2.05, 4.69) is 24.1 Å². The molecule has 20 heavy (non-hydrogen) atoms. The molecule has 0 bridgehead atoms. The summed E-state index contributed by atoms with van der Waals surface area (Å²) in [6.45, 7) is 8.98. The molecule has 1 saturated heterocycles. The maximum absolute atomic E-state index is 13.5. The number of halogens is 1. The van der Waals surface area contributed by atoms with E-state index in [9.17, 15) is 4.39 Å². The van der Waals surface area contributed by atoms with Gasteiger partial charge >= 0.3 is 0 Å². The largest absolute Gasteiger partial charge is 0.314 e. The van der Waals surface area contributed by atoms with Gasteiger partial charge in [-0.15, -0.1) is 0 Å². The van der Waals surface area contributed by atoms with Gasteiger partial charge in [-0.25, -0.2) is 4.39 Å². The van der Waals surface area contributed by atoms with Gasteiger partial charge in [-0.3, -0.25) is 0 Å². The van der Waals surface area contributed by atoms with Crippen LogP contribution in [0.1, 0.15) is 32.3 Å². The minimum atomic E-state index is -0.0850. The highest BCUT2D eigenvalue weighted by molar-refractivity contribution is 5.17. The third-order valence-corrected chi connectivity index (χ3v) is 4.61. The smallest absolute Gasteiger partial charge is 0.126 e. The second-order valence-corrected chi connectivity index (χ2v) is 5.86. The molecule has 1 aromatic rings. The Balaban J connectivity index is 1.70. The Labute approximate surface area is 122 Å². The van der Waals surface area contributed by atoms with Gasteiger partial charge in [0, 0.05) is 6.04 Å². The van der Waals surface area contributed by atoms with Crippen LogP contribution in [0.4, 0.5) is 4.39 Å². The molecule has 112 valence electrons. The van der Waals surface area contributed by atoms with Crippen LogP contribution in [0, 0.1) is 11.7 Å². The van der Waals surface area contributed by atoms with Crippen LogP contribution in [0.15, 0.2) is 24.3 Å². The molecule has 0 aromatic heterocycles. The molecule has 1 aliphatic heterocycles. The average Bonchev–Trinajstić information content (AvgIpc) is 2.49. The molecular formula is C17H27FN2. The molecule has 3 heteroatoms. The number of likely N-dealkylation sites (tertiary alicyclic amines) is 1. The van der Waals surface area contributed by atoms with Crippen molar-refractivity contribution in [2.24, 2.45) is 5.92 Å². The van der Waals surface area contributed by atoms with Gasteiger partial charge in [-0.1, -0.05) is 25.1 Å². The lowest BCUT2D eigenvalue weighted by Crippen LogP contribution is -2.42. The quantitative estimate of drug-likeness (QED) is 0.860. The highest BCUT2D eigenvalue weighted by Gasteiger charge is 2.22. The predicted octanol–water partition coefficient (Wildman–Crippen LogP) is 3.08. The lowest BCUT2D eigenvalue weighted by Gasteiger charge is -2.34. The molecule has 2 rings (SSSR count). The SMILES string of the molecule is CCN1CCC(C(C)NCCc2ccccc2F)CC1. The van der Waals surface area contributed by atoms with Crippen LogP contribution in [0.5, 0.6) is 0 Å². The second-order valence-electron chi connectivity index (χ2n) is 5.86. The summed E-state index contributed by atoms with van der Waals surface area (Å²) in [6.07, 6.45) is 3.33. The van der Waals surface area contributed by atoms with E-state index in [1.807, 2.05) is 12.1 Å². The Morgan fingerprint density at radius 1 is 1.30 bits per heavy atom. The van der Waals surface area contributed by atoms with E-state index in [0.29, 0.717) is 6.04 Å². The first kappa shape index (κ1) is 15.5. The molecule has 0 saturated carbocycles. The van der Waals surface area contributed by atoms with Crippen molar-refractivity contribution < 1.29 is 4.39 Å². The molecular weight excluding hydrogens is 251 g/mol.